The number of benzene rings is 1. The van der Waals surface area contributed by atoms with Gasteiger partial charge in [0.05, 0.1) is 6.61 Å². The first-order chi connectivity index (χ1) is 11.9. The van der Waals surface area contributed by atoms with E-state index < -0.39 is 0 Å². The van der Waals surface area contributed by atoms with E-state index in [1.807, 2.05) is 12.4 Å². The van der Waals surface area contributed by atoms with E-state index in [9.17, 15) is 0 Å². The van der Waals surface area contributed by atoms with Gasteiger partial charge in [0, 0.05) is 25.3 Å². The van der Waals surface area contributed by atoms with Crippen molar-refractivity contribution in [3.63, 3.8) is 0 Å². The fraction of sp³-hybridized carbons (Fsp3) is 0.579. The lowest BCUT2D eigenvalue weighted by Gasteiger charge is -2.33. The van der Waals surface area contributed by atoms with Crippen molar-refractivity contribution in [1.82, 2.24) is 19.7 Å². The first-order valence-corrected chi connectivity index (χ1v) is 9.13. The maximum Gasteiger partial charge on any atom is 0.137 e. The molecule has 128 valence electrons. The highest BCUT2D eigenvalue weighted by Gasteiger charge is 2.25. The van der Waals surface area contributed by atoms with Gasteiger partial charge in [-0.05, 0) is 56.3 Å². The quantitative estimate of drug-likeness (QED) is 0.847. The van der Waals surface area contributed by atoms with Gasteiger partial charge in [0.15, 0.2) is 0 Å². The maximum absolute atomic E-state index is 5.50. The van der Waals surface area contributed by atoms with Crippen LogP contribution in [0.3, 0.4) is 0 Å². The van der Waals surface area contributed by atoms with Gasteiger partial charge in [-0.3, -0.25) is 4.57 Å². The summed E-state index contributed by atoms with van der Waals surface area (Å²) in [6.07, 6.45) is 6.61. The highest BCUT2D eigenvalue weighted by molar-refractivity contribution is 5.32. The Hall–Kier alpha value is -1.72. The predicted molar refractivity (Wildman–Crippen MR) is 93.2 cm³/mol. The molecular formula is C19H26N4O. The van der Waals surface area contributed by atoms with E-state index in [1.165, 1.54) is 38.9 Å². The van der Waals surface area contributed by atoms with E-state index in [4.69, 9.17) is 4.74 Å². The largest absolute Gasteiger partial charge is 0.381 e. The minimum absolute atomic E-state index is 0.716. The third kappa shape index (κ3) is 3.68. The normalized spacial score (nSPS) is 22.9. The second-order valence-electron chi connectivity index (χ2n) is 7.13. The second kappa shape index (κ2) is 7.45. The van der Waals surface area contributed by atoms with Gasteiger partial charge < -0.3 is 9.64 Å². The monoisotopic (exact) mass is 326 g/mol. The number of ether oxygens (including phenoxy) is 1. The fourth-order valence-corrected chi connectivity index (χ4v) is 3.93. The van der Waals surface area contributed by atoms with Gasteiger partial charge >= 0.3 is 0 Å². The lowest BCUT2D eigenvalue weighted by atomic mass is 9.92. The van der Waals surface area contributed by atoms with E-state index in [0.717, 1.165) is 37.1 Å². The SMILES string of the molecule is c1ccc(-n2cnnc2CC2CCN(C[C@H]3CCOC3)CC2)cc1. The standard InChI is InChI=1S/C19H26N4O/c1-2-4-18(5-3-1)23-15-20-21-19(23)12-16-6-9-22(10-7-16)13-17-8-11-24-14-17/h1-5,15-17H,6-14H2/t17-/m1/s1. The minimum atomic E-state index is 0.716. The zero-order valence-electron chi connectivity index (χ0n) is 14.2. The van der Waals surface area contributed by atoms with E-state index in [-0.39, 0.29) is 0 Å². The molecule has 0 N–H and O–H groups in total. The van der Waals surface area contributed by atoms with Crippen molar-refractivity contribution in [2.75, 3.05) is 32.8 Å². The molecule has 4 rings (SSSR count). The Morgan fingerprint density at radius 3 is 2.62 bits per heavy atom. The number of likely N-dealkylation sites (tertiary alicyclic amines) is 1. The molecule has 5 nitrogen and oxygen atoms in total. The maximum atomic E-state index is 5.50. The Bertz CT molecular complexity index is 628. The van der Waals surface area contributed by atoms with Gasteiger partial charge in [-0.1, -0.05) is 18.2 Å². The van der Waals surface area contributed by atoms with E-state index in [1.54, 1.807) is 0 Å². The summed E-state index contributed by atoms with van der Waals surface area (Å²) in [4.78, 5) is 2.62. The molecule has 0 unspecified atom stereocenters. The predicted octanol–water partition coefficient (Wildman–Crippen LogP) is 2.56. The number of hydrogen-bond acceptors (Lipinski definition) is 4. The van der Waals surface area contributed by atoms with E-state index in [0.29, 0.717) is 5.92 Å². The van der Waals surface area contributed by atoms with Crippen LogP contribution in [0.15, 0.2) is 36.7 Å². The molecule has 1 aromatic carbocycles. The molecule has 24 heavy (non-hydrogen) atoms. The summed E-state index contributed by atoms with van der Waals surface area (Å²) in [5, 5.41) is 8.51. The molecule has 0 saturated carbocycles. The van der Waals surface area contributed by atoms with Crippen LogP contribution < -0.4 is 0 Å². The number of aromatic nitrogens is 3. The molecule has 2 saturated heterocycles. The summed E-state index contributed by atoms with van der Waals surface area (Å²) < 4.78 is 7.63. The zero-order chi connectivity index (χ0) is 16.2. The number of nitrogens with zero attached hydrogens (tertiary/aromatic N) is 4. The molecule has 3 heterocycles. The van der Waals surface area contributed by atoms with Gasteiger partial charge in [0.25, 0.3) is 0 Å². The van der Waals surface area contributed by atoms with Gasteiger partial charge in [-0.2, -0.15) is 0 Å². The lowest BCUT2D eigenvalue weighted by molar-refractivity contribution is 0.140. The van der Waals surface area contributed by atoms with Crippen molar-refractivity contribution in [3.05, 3.63) is 42.5 Å². The van der Waals surface area contributed by atoms with Crippen LogP contribution in [0.25, 0.3) is 5.69 Å². The number of piperidine rings is 1. The average molecular weight is 326 g/mol. The average Bonchev–Trinajstić information content (AvgIpc) is 3.29. The highest BCUT2D eigenvalue weighted by atomic mass is 16.5. The Kier molecular flexibility index (Phi) is 4.90. The van der Waals surface area contributed by atoms with Gasteiger partial charge in [-0.15, -0.1) is 10.2 Å². The van der Waals surface area contributed by atoms with Crippen LogP contribution in [0.1, 0.15) is 25.1 Å². The second-order valence-corrected chi connectivity index (χ2v) is 7.13. The fourth-order valence-electron chi connectivity index (χ4n) is 3.93. The number of hydrogen-bond donors (Lipinski definition) is 0. The summed E-state index contributed by atoms with van der Waals surface area (Å²) in [5.41, 5.74) is 1.15. The summed E-state index contributed by atoms with van der Waals surface area (Å²) >= 11 is 0. The Morgan fingerprint density at radius 2 is 1.88 bits per heavy atom. The van der Waals surface area contributed by atoms with Gasteiger partial charge in [0.1, 0.15) is 12.2 Å². The molecule has 2 aromatic rings. The molecular weight excluding hydrogens is 300 g/mol. The molecule has 2 fully saturated rings. The Balaban J connectivity index is 1.32. The van der Waals surface area contributed by atoms with Crippen molar-refractivity contribution in [1.29, 1.82) is 0 Å². The van der Waals surface area contributed by atoms with Crippen molar-refractivity contribution in [2.24, 2.45) is 11.8 Å². The first-order valence-electron chi connectivity index (χ1n) is 9.13. The third-order valence-electron chi connectivity index (χ3n) is 5.37. The van der Waals surface area contributed by atoms with Crippen LogP contribution in [0.4, 0.5) is 0 Å². The molecule has 0 spiro atoms. The van der Waals surface area contributed by atoms with Crippen LogP contribution in [0.2, 0.25) is 0 Å². The van der Waals surface area contributed by atoms with Gasteiger partial charge in [-0.25, -0.2) is 0 Å². The zero-order valence-corrected chi connectivity index (χ0v) is 14.2. The van der Waals surface area contributed by atoms with Crippen molar-refractivity contribution in [3.8, 4) is 5.69 Å². The van der Waals surface area contributed by atoms with Crippen LogP contribution in [0, 0.1) is 11.8 Å². The molecule has 0 aliphatic carbocycles. The minimum Gasteiger partial charge on any atom is -0.381 e. The van der Waals surface area contributed by atoms with Crippen LogP contribution >= 0.6 is 0 Å². The van der Waals surface area contributed by atoms with Crippen molar-refractivity contribution >= 4 is 0 Å². The lowest BCUT2D eigenvalue weighted by Crippen LogP contribution is -2.37. The molecule has 5 heteroatoms. The number of rotatable bonds is 5. The summed E-state index contributed by atoms with van der Waals surface area (Å²) in [5.74, 6) is 2.55. The first kappa shape index (κ1) is 15.8. The smallest absolute Gasteiger partial charge is 0.137 e. The molecule has 0 bridgehead atoms. The molecule has 2 aliphatic rings. The topological polar surface area (TPSA) is 43.2 Å². The Morgan fingerprint density at radius 1 is 1.04 bits per heavy atom. The molecule has 0 radical (unpaired) electrons. The molecule has 2 aliphatic heterocycles. The van der Waals surface area contributed by atoms with Crippen molar-refractivity contribution in [2.45, 2.75) is 25.7 Å². The van der Waals surface area contributed by atoms with Crippen LogP contribution in [0.5, 0.6) is 0 Å². The molecule has 0 amide bonds. The molecule has 1 atom stereocenters. The summed E-state index contributed by atoms with van der Waals surface area (Å²) in [6, 6.07) is 10.4. The number of para-hydroxylation sites is 1. The van der Waals surface area contributed by atoms with Crippen molar-refractivity contribution < 1.29 is 4.74 Å². The molecule has 1 aromatic heterocycles. The van der Waals surface area contributed by atoms with Gasteiger partial charge in [0.2, 0.25) is 0 Å². The van der Waals surface area contributed by atoms with Crippen LogP contribution in [-0.2, 0) is 11.2 Å². The van der Waals surface area contributed by atoms with Crippen LogP contribution in [-0.4, -0.2) is 52.5 Å². The van der Waals surface area contributed by atoms with E-state index >= 15 is 0 Å². The Labute approximate surface area is 143 Å². The van der Waals surface area contributed by atoms with E-state index in [2.05, 4.69) is 43.9 Å². The summed E-state index contributed by atoms with van der Waals surface area (Å²) in [6.45, 7) is 5.55. The third-order valence-corrected chi connectivity index (χ3v) is 5.37. The summed E-state index contributed by atoms with van der Waals surface area (Å²) in [7, 11) is 0. The highest BCUT2D eigenvalue weighted by Crippen LogP contribution is 2.24.